The van der Waals surface area contributed by atoms with Gasteiger partial charge in [-0.3, -0.25) is 23.6 Å². The summed E-state index contributed by atoms with van der Waals surface area (Å²) < 4.78 is 5.91. The fourth-order valence-electron chi connectivity index (χ4n) is 5.26. The van der Waals surface area contributed by atoms with Crippen LogP contribution in [0.25, 0.3) is 11.2 Å². The molecule has 0 saturated carbocycles. The molecule has 1 N–H and O–H groups in total. The Bertz CT molecular complexity index is 1330. The van der Waals surface area contributed by atoms with Crippen LogP contribution in [0.15, 0.2) is 38.9 Å². The van der Waals surface area contributed by atoms with Crippen LogP contribution in [0.1, 0.15) is 18.0 Å². The third kappa shape index (κ3) is 3.26. The molecule has 10 nitrogen and oxygen atoms in total. The van der Waals surface area contributed by atoms with Crippen molar-refractivity contribution in [3.8, 4) is 0 Å². The van der Waals surface area contributed by atoms with Crippen LogP contribution < -0.4 is 16.8 Å². The first kappa shape index (κ1) is 20.0. The highest BCUT2D eigenvalue weighted by molar-refractivity contribution is 5.69. The maximum atomic E-state index is 12.6. The average Bonchev–Trinajstić information content (AvgIpc) is 3.15. The van der Waals surface area contributed by atoms with Crippen molar-refractivity contribution in [2.75, 3.05) is 19.6 Å². The molecule has 0 aliphatic carbocycles. The van der Waals surface area contributed by atoms with E-state index >= 15 is 0 Å². The van der Waals surface area contributed by atoms with E-state index in [4.69, 9.17) is 0 Å². The van der Waals surface area contributed by atoms with Crippen molar-refractivity contribution >= 4 is 11.2 Å². The molecule has 0 radical (unpaired) electrons. The summed E-state index contributed by atoms with van der Waals surface area (Å²) >= 11 is 0. The normalized spacial score (nSPS) is 21.9. The van der Waals surface area contributed by atoms with Gasteiger partial charge in [-0.15, -0.1) is 0 Å². The molecule has 5 rings (SSSR count). The summed E-state index contributed by atoms with van der Waals surface area (Å²) in [6.07, 6.45) is 1.87. The summed E-state index contributed by atoms with van der Waals surface area (Å²) in [5.74, 6) is 0.666. The summed E-state index contributed by atoms with van der Waals surface area (Å²) in [5, 5.41) is 10.8. The highest BCUT2D eigenvalue weighted by Gasteiger charge is 2.35. The Morgan fingerprint density at radius 1 is 1.10 bits per heavy atom. The smallest absolute Gasteiger partial charge is 0.332 e. The monoisotopic (exact) mass is 426 g/mol. The van der Waals surface area contributed by atoms with E-state index < -0.39 is 17.4 Å². The van der Waals surface area contributed by atoms with Gasteiger partial charge >= 0.3 is 5.69 Å². The van der Waals surface area contributed by atoms with Gasteiger partial charge in [0.2, 0.25) is 0 Å². The van der Waals surface area contributed by atoms with Crippen LogP contribution in [0, 0.1) is 5.92 Å². The van der Waals surface area contributed by atoms with Gasteiger partial charge in [0.15, 0.2) is 11.2 Å². The van der Waals surface area contributed by atoms with Crippen LogP contribution in [0.5, 0.6) is 0 Å². The molecule has 2 aliphatic rings. The average molecular weight is 426 g/mol. The largest absolute Gasteiger partial charge is 0.390 e. The van der Waals surface area contributed by atoms with Gasteiger partial charge in [0.25, 0.3) is 11.1 Å². The van der Waals surface area contributed by atoms with E-state index in [9.17, 15) is 19.5 Å². The summed E-state index contributed by atoms with van der Waals surface area (Å²) in [6.45, 7) is 3.02. The van der Waals surface area contributed by atoms with Crippen LogP contribution in [0.2, 0.25) is 0 Å². The molecule has 1 saturated heterocycles. The van der Waals surface area contributed by atoms with E-state index in [1.165, 1.54) is 17.9 Å². The van der Waals surface area contributed by atoms with Gasteiger partial charge in [0, 0.05) is 58.0 Å². The lowest BCUT2D eigenvalue weighted by Crippen LogP contribution is -2.49. The lowest BCUT2D eigenvalue weighted by Gasteiger charge is -2.43. The van der Waals surface area contributed by atoms with Crippen LogP contribution in [0.4, 0.5) is 0 Å². The van der Waals surface area contributed by atoms with Crippen LogP contribution >= 0.6 is 0 Å². The number of aryl methyl sites for hydroxylation is 1. The fourth-order valence-corrected chi connectivity index (χ4v) is 5.26. The zero-order chi connectivity index (χ0) is 21.9. The molecule has 1 unspecified atom stereocenters. The number of nitrogens with zero attached hydrogens (tertiary/aromatic N) is 6. The van der Waals surface area contributed by atoms with Crippen molar-refractivity contribution in [2.24, 2.45) is 20.0 Å². The molecular weight excluding hydrogens is 400 g/mol. The number of likely N-dealkylation sites (tertiary alicyclic amines) is 1. The third-order valence-electron chi connectivity index (χ3n) is 6.65. The van der Waals surface area contributed by atoms with Gasteiger partial charge in [-0.2, -0.15) is 0 Å². The zero-order valence-corrected chi connectivity index (χ0v) is 17.6. The Balaban J connectivity index is 1.34. The van der Waals surface area contributed by atoms with Crippen LogP contribution in [0.3, 0.4) is 0 Å². The summed E-state index contributed by atoms with van der Waals surface area (Å²) in [6, 6.07) is 5.46. The first-order valence-corrected chi connectivity index (χ1v) is 10.5. The molecule has 3 aromatic heterocycles. The number of hydrogen-bond donors (Lipinski definition) is 1. The molecular formula is C21H26N6O4. The highest BCUT2D eigenvalue weighted by atomic mass is 16.3. The van der Waals surface area contributed by atoms with Crippen molar-refractivity contribution in [3.05, 3.63) is 61.4 Å². The zero-order valence-electron chi connectivity index (χ0n) is 17.6. The molecule has 0 amide bonds. The summed E-state index contributed by atoms with van der Waals surface area (Å²) in [7, 11) is 3.01. The van der Waals surface area contributed by atoms with Crippen molar-refractivity contribution in [1.82, 2.24) is 28.2 Å². The Morgan fingerprint density at radius 3 is 2.71 bits per heavy atom. The molecule has 31 heavy (non-hydrogen) atoms. The van der Waals surface area contributed by atoms with Gasteiger partial charge in [-0.1, -0.05) is 6.07 Å². The number of β-amino-alcohol motifs (C(OH)–C–C–N with tert-alkyl or cyclic N) is 1. The minimum Gasteiger partial charge on any atom is -0.390 e. The minimum absolute atomic E-state index is 0.0589. The SMILES string of the molecule is Cn1c(=O)c2c(ncn2CC(O)CN2C[C@@H]3C[C@@H](C2)c2cccc(=O)n2C3)n(C)c1=O. The Morgan fingerprint density at radius 2 is 1.90 bits per heavy atom. The Labute approximate surface area is 177 Å². The van der Waals surface area contributed by atoms with Crippen LogP contribution in [-0.2, 0) is 27.2 Å². The third-order valence-corrected chi connectivity index (χ3v) is 6.65. The lowest BCUT2D eigenvalue weighted by atomic mass is 9.83. The molecule has 0 aromatic carbocycles. The highest BCUT2D eigenvalue weighted by Crippen LogP contribution is 2.34. The maximum absolute atomic E-state index is 12.6. The second-order valence-electron chi connectivity index (χ2n) is 8.85. The quantitative estimate of drug-likeness (QED) is 0.578. The number of pyridine rings is 1. The van der Waals surface area contributed by atoms with E-state index in [0.29, 0.717) is 30.2 Å². The van der Waals surface area contributed by atoms with E-state index in [1.807, 2.05) is 16.7 Å². The fraction of sp³-hybridized carbons (Fsp3) is 0.524. The van der Waals surface area contributed by atoms with E-state index in [2.05, 4.69) is 9.88 Å². The lowest BCUT2D eigenvalue weighted by molar-refractivity contribution is 0.0552. The second kappa shape index (κ2) is 7.31. The number of aliphatic hydroxyl groups excluding tert-OH is 1. The van der Waals surface area contributed by atoms with Gasteiger partial charge < -0.3 is 14.2 Å². The number of rotatable bonds is 4. The maximum Gasteiger partial charge on any atom is 0.332 e. The molecule has 3 aromatic rings. The van der Waals surface area contributed by atoms with Gasteiger partial charge in [0.1, 0.15) is 0 Å². The summed E-state index contributed by atoms with van der Waals surface area (Å²) in [5.41, 5.74) is 0.916. The second-order valence-corrected chi connectivity index (χ2v) is 8.85. The predicted octanol–water partition coefficient (Wildman–Crippen LogP) is -0.924. The number of aliphatic hydroxyl groups is 1. The first-order valence-electron chi connectivity index (χ1n) is 10.5. The van der Waals surface area contributed by atoms with Crippen molar-refractivity contribution in [1.29, 1.82) is 0 Å². The number of imidazole rings is 1. The molecule has 2 aliphatic heterocycles. The standard InChI is InChI=1S/C21H26N6O4/c1-23-19-18(20(30)24(2)21(23)31)26(12-22-19)11-15(28)10-25-7-13-6-14(9-25)16-4-3-5-17(29)27(16)8-13/h3-5,12-15,28H,6-11H2,1-2H3/t13-,14-,15?/m0/s1. The predicted molar refractivity (Wildman–Crippen MR) is 114 cm³/mol. The topological polar surface area (TPSA) is 107 Å². The number of hydrogen-bond acceptors (Lipinski definition) is 6. The minimum atomic E-state index is -0.698. The van der Waals surface area contributed by atoms with Crippen LogP contribution in [-0.4, -0.2) is 59.0 Å². The Kier molecular flexibility index (Phi) is 4.71. The Hall–Kier alpha value is -2.98. The molecule has 1 fully saturated rings. The van der Waals surface area contributed by atoms with Crippen molar-refractivity contribution < 1.29 is 5.11 Å². The van der Waals surface area contributed by atoms with Crippen molar-refractivity contribution in [3.63, 3.8) is 0 Å². The number of fused-ring (bicyclic) bond motifs is 5. The molecule has 5 heterocycles. The summed E-state index contributed by atoms with van der Waals surface area (Å²) in [4.78, 5) is 43.4. The number of aromatic nitrogens is 5. The van der Waals surface area contributed by atoms with E-state index in [1.54, 1.807) is 17.7 Å². The van der Waals surface area contributed by atoms with Crippen molar-refractivity contribution in [2.45, 2.75) is 31.5 Å². The molecule has 2 bridgehead atoms. The van der Waals surface area contributed by atoms with Gasteiger partial charge in [-0.25, -0.2) is 9.78 Å². The van der Waals surface area contributed by atoms with Gasteiger partial charge in [-0.05, 0) is 18.4 Å². The molecule has 0 spiro atoms. The van der Waals surface area contributed by atoms with E-state index in [-0.39, 0.29) is 18.0 Å². The number of piperidine rings is 1. The molecule has 3 atom stereocenters. The van der Waals surface area contributed by atoms with E-state index in [0.717, 1.165) is 29.8 Å². The van der Waals surface area contributed by atoms with Gasteiger partial charge in [0.05, 0.1) is 19.0 Å². The molecule has 164 valence electrons. The first-order chi connectivity index (χ1) is 14.8. The molecule has 10 heteroatoms.